The third kappa shape index (κ3) is 5.59. The summed E-state index contributed by atoms with van der Waals surface area (Å²) in [5.41, 5.74) is 1.78. The number of hydrogen-bond acceptors (Lipinski definition) is 4. The number of amides is 1. The lowest BCUT2D eigenvalue weighted by Gasteiger charge is -2.41. The molecule has 0 aromatic heterocycles. The molecule has 146 valence electrons. The number of alkyl carbamates (subject to hydrolysis) is 1. The fourth-order valence-electron chi connectivity index (χ4n) is 3.62. The zero-order valence-electron chi connectivity index (χ0n) is 17.0. The van der Waals surface area contributed by atoms with Crippen LogP contribution in [0.4, 0.5) is 4.79 Å². The van der Waals surface area contributed by atoms with Crippen LogP contribution in [0.2, 0.25) is 16.6 Å². The molecule has 26 heavy (non-hydrogen) atoms. The van der Waals surface area contributed by atoms with Crippen LogP contribution in [0.15, 0.2) is 30.3 Å². The highest BCUT2D eigenvalue weighted by molar-refractivity contribution is 6.79. The number of ether oxygens (including phenoxy) is 1. The van der Waals surface area contributed by atoms with Crippen molar-refractivity contribution in [1.82, 2.24) is 5.32 Å². The van der Waals surface area contributed by atoms with E-state index in [0.29, 0.717) is 16.6 Å². The summed E-state index contributed by atoms with van der Waals surface area (Å²) < 4.78 is 11.3. The molecule has 0 unspecified atom stereocenters. The number of hydrogen-bond donors (Lipinski definition) is 1. The lowest BCUT2D eigenvalue weighted by molar-refractivity contribution is -0.137. The van der Waals surface area contributed by atoms with Gasteiger partial charge in [0.2, 0.25) is 0 Å². The minimum absolute atomic E-state index is 0.164. The smallest absolute Gasteiger partial charge is 0.408 e. The van der Waals surface area contributed by atoms with Crippen molar-refractivity contribution in [3.63, 3.8) is 0 Å². The molecule has 1 aromatic rings. The average Bonchev–Trinajstić information content (AvgIpc) is 2.57. The van der Waals surface area contributed by atoms with Crippen LogP contribution in [0.25, 0.3) is 0 Å². The third-order valence-corrected chi connectivity index (χ3v) is 10.9. The monoisotopic (exact) mass is 379 g/mol. The quantitative estimate of drug-likeness (QED) is 0.644. The Morgan fingerprint density at radius 2 is 1.42 bits per heavy atom. The number of carbonyl (C=O) groups is 2. The Morgan fingerprint density at radius 3 is 1.88 bits per heavy atom. The van der Waals surface area contributed by atoms with Crippen LogP contribution < -0.4 is 5.32 Å². The summed E-state index contributed by atoms with van der Waals surface area (Å²) in [7, 11) is -2.32. The Hall–Kier alpha value is -1.82. The van der Waals surface area contributed by atoms with Crippen molar-refractivity contribution in [3.05, 3.63) is 35.9 Å². The Morgan fingerprint density at radius 1 is 0.923 bits per heavy atom. The Kier molecular flexibility index (Phi) is 8.34. The lowest BCUT2D eigenvalue weighted by atomic mass is 10.2. The van der Waals surface area contributed by atoms with Crippen molar-refractivity contribution >= 4 is 20.4 Å². The minimum atomic E-state index is -2.32. The second-order valence-electron chi connectivity index (χ2n) is 7.67. The van der Waals surface area contributed by atoms with E-state index in [0.717, 1.165) is 5.56 Å². The Bertz CT molecular complexity index is 565. The number of rotatable bonds is 8. The molecule has 0 heterocycles. The van der Waals surface area contributed by atoms with Gasteiger partial charge in [0.1, 0.15) is 12.6 Å². The molecule has 5 nitrogen and oxygen atoms in total. The van der Waals surface area contributed by atoms with E-state index in [2.05, 4.69) is 46.9 Å². The van der Waals surface area contributed by atoms with E-state index >= 15 is 0 Å². The molecule has 1 amide bonds. The number of benzene rings is 1. The second kappa shape index (κ2) is 9.76. The molecule has 0 bridgehead atoms. The van der Waals surface area contributed by atoms with Gasteiger partial charge in [-0.25, -0.2) is 4.79 Å². The SMILES string of the molecule is CC(C)[Si](OC(=O)[C@H](C)NC(=O)OCc1ccccc1)(C(C)C)C(C)C. The van der Waals surface area contributed by atoms with Crippen LogP contribution >= 0.6 is 0 Å². The zero-order chi connectivity index (χ0) is 19.9. The highest BCUT2D eigenvalue weighted by Gasteiger charge is 2.48. The Labute approximate surface area is 158 Å². The molecule has 0 saturated heterocycles. The molecule has 1 N–H and O–H groups in total. The summed E-state index contributed by atoms with van der Waals surface area (Å²) in [4.78, 5) is 24.6. The first-order valence-corrected chi connectivity index (χ1v) is 11.4. The van der Waals surface area contributed by atoms with Crippen molar-refractivity contribution < 1.29 is 18.8 Å². The largest absolute Gasteiger partial charge is 0.517 e. The van der Waals surface area contributed by atoms with Gasteiger partial charge in [-0.1, -0.05) is 71.9 Å². The van der Waals surface area contributed by atoms with Crippen molar-refractivity contribution in [2.24, 2.45) is 0 Å². The lowest BCUT2D eigenvalue weighted by Crippen LogP contribution is -2.52. The van der Waals surface area contributed by atoms with Crippen LogP contribution in [0.5, 0.6) is 0 Å². The van der Waals surface area contributed by atoms with Crippen LogP contribution in [0.1, 0.15) is 54.0 Å². The van der Waals surface area contributed by atoms with E-state index in [1.165, 1.54) is 0 Å². The van der Waals surface area contributed by atoms with Crippen molar-refractivity contribution in [2.45, 2.75) is 77.7 Å². The summed E-state index contributed by atoms with van der Waals surface area (Å²) in [5, 5.41) is 2.58. The molecule has 0 aliphatic carbocycles. The molecule has 1 aromatic carbocycles. The molecule has 0 saturated carbocycles. The average molecular weight is 380 g/mol. The number of carbonyl (C=O) groups excluding carboxylic acids is 2. The van der Waals surface area contributed by atoms with Gasteiger partial charge < -0.3 is 14.5 Å². The highest BCUT2D eigenvalue weighted by atomic mass is 28.4. The topological polar surface area (TPSA) is 64.6 Å². The zero-order valence-corrected chi connectivity index (χ0v) is 18.0. The van der Waals surface area contributed by atoms with Gasteiger partial charge in [-0.05, 0) is 29.1 Å². The molecule has 0 aliphatic heterocycles. The number of nitrogens with one attached hydrogen (secondary N) is 1. The van der Waals surface area contributed by atoms with Gasteiger partial charge in [-0.3, -0.25) is 4.79 Å². The van der Waals surface area contributed by atoms with Gasteiger partial charge in [-0.2, -0.15) is 0 Å². The van der Waals surface area contributed by atoms with E-state index in [4.69, 9.17) is 9.16 Å². The summed E-state index contributed by atoms with van der Waals surface area (Å²) in [6.45, 7) is 14.5. The molecule has 1 rings (SSSR count). The fraction of sp³-hybridized carbons (Fsp3) is 0.600. The van der Waals surface area contributed by atoms with E-state index in [1.807, 2.05) is 30.3 Å². The highest BCUT2D eigenvalue weighted by Crippen LogP contribution is 2.42. The van der Waals surface area contributed by atoms with Gasteiger partial charge in [0.05, 0.1) is 0 Å². The van der Waals surface area contributed by atoms with E-state index in [-0.39, 0.29) is 12.6 Å². The van der Waals surface area contributed by atoms with Gasteiger partial charge in [-0.15, -0.1) is 0 Å². The van der Waals surface area contributed by atoms with Crippen LogP contribution in [0.3, 0.4) is 0 Å². The van der Waals surface area contributed by atoms with E-state index in [9.17, 15) is 9.59 Å². The van der Waals surface area contributed by atoms with Gasteiger partial charge >= 0.3 is 12.1 Å². The maximum atomic E-state index is 12.6. The third-order valence-electron chi connectivity index (χ3n) is 4.89. The molecule has 0 aliphatic rings. The van der Waals surface area contributed by atoms with Crippen molar-refractivity contribution in [3.8, 4) is 0 Å². The Balaban J connectivity index is 2.66. The second-order valence-corrected chi connectivity index (χ2v) is 13.0. The molecule has 6 heteroatoms. The van der Waals surface area contributed by atoms with Crippen molar-refractivity contribution in [2.75, 3.05) is 0 Å². The molecule has 0 spiro atoms. The summed E-state index contributed by atoms with van der Waals surface area (Å²) in [6.07, 6.45) is -0.621. The molecular weight excluding hydrogens is 346 g/mol. The van der Waals surface area contributed by atoms with Crippen molar-refractivity contribution in [1.29, 1.82) is 0 Å². The maximum absolute atomic E-state index is 12.6. The van der Waals surface area contributed by atoms with Gasteiger partial charge in [0.25, 0.3) is 8.32 Å². The van der Waals surface area contributed by atoms with Crippen LogP contribution in [0, 0.1) is 0 Å². The molecule has 0 radical (unpaired) electrons. The fourth-order valence-corrected chi connectivity index (χ4v) is 8.85. The first kappa shape index (κ1) is 22.2. The van der Waals surface area contributed by atoms with Crippen LogP contribution in [-0.4, -0.2) is 26.4 Å². The molecular formula is C20H33NO4Si. The predicted molar refractivity (Wildman–Crippen MR) is 106 cm³/mol. The standard InChI is InChI=1S/C20H33NO4Si/c1-14(2)26(15(3)4,16(5)6)25-19(22)17(7)21-20(23)24-13-18-11-9-8-10-12-18/h8-12,14-17H,13H2,1-7H3,(H,21,23)/t17-/m0/s1. The van der Waals surface area contributed by atoms with Gasteiger partial charge in [0.15, 0.2) is 0 Å². The summed E-state index contributed by atoms with van der Waals surface area (Å²) in [6, 6.07) is 8.66. The normalized spacial score (nSPS) is 13.0. The summed E-state index contributed by atoms with van der Waals surface area (Å²) in [5.74, 6) is -0.385. The summed E-state index contributed by atoms with van der Waals surface area (Å²) >= 11 is 0. The van der Waals surface area contributed by atoms with E-state index < -0.39 is 20.5 Å². The van der Waals surface area contributed by atoms with E-state index in [1.54, 1.807) is 6.92 Å². The van der Waals surface area contributed by atoms with Crippen LogP contribution in [-0.2, 0) is 20.6 Å². The molecule has 0 fully saturated rings. The first-order valence-electron chi connectivity index (χ1n) is 9.31. The molecule has 1 atom stereocenters. The first-order chi connectivity index (χ1) is 12.1. The van der Waals surface area contributed by atoms with Gasteiger partial charge in [0, 0.05) is 0 Å². The minimum Gasteiger partial charge on any atom is -0.517 e. The predicted octanol–water partition coefficient (Wildman–Crippen LogP) is 5.02. The maximum Gasteiger partial charge on any atom is 0.408 e.